The first-order valence-corrected chi connectivity index (χ1v) is 11.2. The second kappa shape index (κ2) is 11.5. The number of methoxy groups -OCH3 is 2. The molecule has 1 atom stereocenters. The Kier molecular flexibility index (Phi) is 8.46. The summed E-state index contributed by atoms with van der Waals surface area (Å²) in [6.07, 6.45) is 2.08. The minimum atomic E-state index is -0.340. The van der Waals surface area contributed by atoms with E-state index in [0.29, 0.717) is 34.3 Å². The van der Waals surface area contributed by atoms with Gasteiger partial charge in [-0.25, -0.2) is 0 Å². The monoisotopic (exact) mass is 461 g/mol. The number of benzene rings is 1. The molecular weight excluding hydrogens is 434 g/mol. The quantitative estimate of drug-likeness (QED) is 0.501. The van der Waals surface area contributed by atoms with Crippen molar-refractivity contribution in [2.24, 2.45) is 0 Å². The number of rotatable bonds is 10. The van der Waals surface area contributed by atoms with E-state index in [4.69, 9.17) is 14.2 Å². The van der Waals surface area contributed by atoms with Crippen LogP contribution in [0, 0.1) is 0 Å². The molecule has 3 rings (SSSR count). The van der Waals surface area contributed by atoms with Gasteiger partial charge in [-0.2, -0.15) is 0 Å². The molecule has 1 saturated heterocycles. The van der Waals surface area contributed by atoms with Crippen LogP contribution < -0.4 is 25.4 Å². The lowest BCUT2D eigenvalue weighted by atomic mass is 10.2. The van der Waals surface area contributed by atoms with Crippen LogP contribution in [0.4, 0.5) is 11.4 Å². The lowest BCUT2D eigenvalue weighted by Gasteiger charge is -2.16. The molecule has 1 fully saturated rings. The van der Waals surface area contributed by atoms with Crippen molar-refractivity contribution in [2.45, 2.75) is 31.8 Å². The normalized spacial score (nSPS) is 15.1. The summed E-state index contributed by atoms with van der Waals surface area (Å²) in [6.45, 7) is 1.19. The van der Waals surface area contributed by atoms with Crippen LogP contribution in [0.2, 0.25) is 0 Å². The Hall–Kier alpha value is -3.11. The van der Waals surface area contributed by atoms with Crippen molar-refractivity contribution in [3.05, 3.63) is 34.5 Å². The number of hydrogen-bond donors (Lipinski definition) is 3. The number of anilines is 2. The average Bonchev–Trinajstić information content (AvgIpc) is 3.51. The summed E-state index contributed by atoms with van der Waals surface area (Å²) in [7, 11) is 2.92. The van der Waals surface area contributed by atoms with Crippen molar-refractivity contribution in [1.29, 1.82) is 0 Å². The Morgan fingerprint density at radius 3 is 2.34 bits per heavy atom. The molecule has 172 valence electrons. The van der Waals surface area contributed by atoms with E-state index < -0.39 is 0 Å². The second-order valence-electron chi connectivity index (χ2n) is 7.17. The van der Waals surface area contributed by atoms with E-state index >= 15 is 0 Å². The molecule has 10 heteroatoms. The third-order valence-electron chi connectivity index (χ3n) is 4.92. The molecule has 3 amide bonds. The summed E-state index contributed by atoms with van der Waals surface area (Å²) >= 11 is 1.32. The van der Waals surface area contributed by atoms with Crippen molar-refractivity contribution in [2.75, 3.05) is 38.0 Å². The van der Waals surface area contributed by atoms with Gasteiger partial charge in [-0.1, -0.05) is 6.07 Å². The third-order valence-corrected chi connectivity index (χ3v) is 5.79. The van der Waals surface area contributed by atoms with Crippen molar-refractivity contribution < 1.29 is 28.6 Å². The van der Waals surface area contributed by atoms with Gasteiger partial charge in [0.2, 0.25) is 11.8 Å². The Morgan fingerprint density at radius 2 is 1.75 bits per heavy atom. The topological polar surface area (TPSA) is 115 Å². The molecule has 1 aliphatic heterocycles. The maximum atomic E-state index is 12.4. The summed E-state index contributed by atoms with van der Waals surface area (Å²) < 4.78 is 16.2. The summed E-state index contributed by atoms with van der Waals surface area (Å²) in [6, 6.07) is 6.65. The summed E-state index contributed by atoms with van der Waals surface area (Å²) in [4.78, 5) is 37.3. The standard InChI is InChI=1S/C22H27N3O6S/c1-29-17-12-16(25-22(28)19-6-4-10-32-19)18(30-2)11-15(17)24-21(27)8-7-20(26)23-13-14-5-3-9-31-14/h4,6,10-12,14H,3,5,7-9,13H2,1-2H3,(H,23,26)(H,24,27)(H,25,28). The Bertz CT molecular complexity index is 941. The van der Waals surface area contributed by atoms with Crippen LogP contribution in [0.25, 0.3) is 0 Å². The molecule has 0 aliphatic carbocycles. The maximum Gasteiger partial charge on any atom is 0.265 e. The van der Waals surface area contributed by atoms with E-state index in [-0.39, 0.29) is 36.7 Å². The lowest BCUT2D eigenvalue weighted by Crippen LogP contribution is -2.32. The molecule has 32 heavy (non-hydrogen) atoms. The number of hydrogen-bond acceptors (Lipinski definition) is 7. The molecule has 9 nitrogen and oxygen atoms in total. The van der Waals surface area contributed by atoms with Gasteiger partial charge in [-0.3, -0.25) is 14.4 Å². The molecular formula is C22H27N3O6S. The van der Waals surface area contributed by atoms with Crippen molar-refractivity contribution >= 4 is 40.4 Å². The minimum Gasteiger partial charge on any atom is -0.494 e. The summed E-state index contributed by atoms with van der Waals surface area (Å²) in [5.41, 5.74) is 0.789. The van der Waals surface area contributed by atoms with Crippen LogP contribution in [-0.4, -0.2) is 51.2 Å². The molecule has 0 spiro atoms. The number of nitrogens with one attached hydrogen (secondary N) is 3. The highest BCUT2D eigenvalue weighted by molar-refractivity contribution is 7.12. The molecule has 0 bridgehead atoms. The number of carbonyl (C=O) groups is 3. The molecule has 1 aromatic heterocycles. The Labute approximate surface area is 190 Å². The van der Waals surface area contributed by atoms with Gasteiger partial charge in [0.15, 0.2) is 0 Å². The molecule has 1 aromatic carbocycles. The predicted octanol–water partition coefficient (Wildman–Crippen LogP) is 3.03. The Balaban J connectivity index is 1.58. The van der Waals surface area contributed by atoms with Gasteiger partial charge in [-0.15, -0.1) is 11.3 Å². The zero-order chi connectivity index (χ0) is 22.9. The van der Waals surface area contributed by atoms with Crippen molar-refractivity contribution in [3.8, 4) is 11.5 Å². The largest absolute Gasteiger partial charge is 0.494 e. The van der Waals surface area contributed by atoms with Crippen LogP contribution in [0.3, 0.4) is 0 Å². The van der Waals surface area contributed by atoms with Crippen LogP contribution >= 0.6 is 11.3 Å². The van der Waals surface area contributed by atoms with Crippen LogP contribution in [0.5, 0.6) is 11.5 Å². The van der Waals surface area contributed by atoms with E-state index in [1.807, 2.05) is 5.38 Å². The van der Waals surface area contributed by atoms with E-state index in [9.17, 15) is 14.4 Å². The SMILES string of the molecule is COc1cc(NC(=O)c2cccs2)c(OC)cc1NC(=O)CCC(=O)NCC1CCCO1. The molecule has 3 N–H and O–H groups in total. The maximum absolute atomic E-state index is 12.4. The molecule has 1 aliphatic rings. The Morgan fingerprint density at radius 1 is 1.06 bits per heavy atom. The highest BCUT2D eigenvalue weighted by Gasteiger charge is 2.18. The smallest absolute Gasteiger partial charge is 0.265 e. The zero-order valence-corrected chi connectivity index (χ0v) is 18.9. The van der Waals surface area contributed by atoms with E-state index in [2.05, 4.69) is 16.0 Å². The average molecular weight is 462 g/mol. The van der Waals surface area contributed by atoms with Gasteiger partial charge in [0, 0.05) is 38.1 Å². The highest BCUT2D eigenvalue weighted by Crippen LogP contribution is 2.37. The number of ether oxygens (including phenoxy) is 3. The molecule has 2 heterocycles. The fourth-order valence-electron chi connectivity index (χ4n) is 3.25. The van der Waals surface area contributed by atoms with Gasteiger partial charge < -0.3 is 30.2 Å². The first-order chi connectivity index (χ1) is 15.5. The van der Waals surface area contributed by atoms with Crippen LogP contribution in [0.1, 0.15) is 35.4 Å². The van der Waals surface area contributed by atoms with E-state index in [1.54, 1.807) is 24.3 Å². The summed E-state index contributed by atoms with van der Waals surface area (Å²) in [5, 5.41) is 10.1. The first-order valence-electron chi connectivity index (χ1n) is 10.3. The van der Waals surface area contributed by atoms with Gasteiger partial charge in [0.1, 0.15) is 11.5 Å². The third kappa shape index (κ3) is 6.44. The van der Waals surface area contributed by atoms with Gasteiger partial charge in [0.05, 0.1) is 36.6 Å². The van der Waals surface area contributed by atoms with Crippen LogP contribution in [-0.2, 0) is 14.3 Å². The number of amides is 3. The van der Waals surface area contributed by atoms with E-state index in [0.717, 1.165) is 19.4 Å². The number of thiophene rings is 1. The summed E-state index contributed by atoms with van der Waals surface area (Å²) in [5.74, 6) is -0.102. The second-order valence-corrected chi connectivity index (χ2v) is 8.12. The molecule has 2 aromatic rings. The van der Waals surface area contributed by atoms with Gasteiger partial charge >= 0.3 is 0 Å². The minimum absolute atomic E-state index is 0.0136. The first kappa shape index (κ1) is 23.6. The molecule has 1 unspecified atom stereocenters. The fourth-order valence-corrected chi connectivity index (χ4v) is 3.86. The number of carbonyl (C=O) groups excluding carboxylic acids is 3. The fraction of sp³-hybridized carbons (Fsp3) is 0.409. The zero-order valence-electron chi connectivity index (χ0n) is 18.1. The van der Waals surface area contributed by atoms with Crippen molar-refractivity contribution in [3.63, 3.8) is 0 Å². The van der Waals surface area contributed by atoms with E-state index in [1.165, 1.54) is 25.6 Å². The molecule has 0 radical (unpaired) electrons. The van der Waals surface area contributed by atoms with Gasteiger partial charge in [-0.05, 0) is 24.3 Å². The van der Waals surface area contributed by atoms with Gasteiger partial charge in [0.25, 0.3) is 5.91 Å². The molecule has 0 saturated carbocycles. The van der Waals surface area contributed by atoms with Crippen LogP contribution in [0.15, 0.2) is 29.6 Å². The van der Waals surface area contributed by atoms with Crippen molar-refractivity contribution in [1.82, 2.24) is 5.32 Å². The lowest BCUT2D eigenvalue weighted by molar-refractivity contribution is -0.124. The highest BCUT2D eigenvalue weighted by atomic mass is 32.1. The predicted molar refractivity (Wildman–Crippen MR) is 122 cm³/mol.